The molecular formula is C23H20ClN3O2S. The Morgan fingerprint density at radius 1 is 1.07 bits per heavy atom. The van der Waals surface area contributed by atoms with Gasteiger partial charge < -0.3 is 4.90 Å². The number of benzene rings is 2. The molecule has 0 atom stereocenters. The summed E-state index contributed by atoms with van der Waals surface area (Å²) in [6.07, 6.45) is 4.73. The van der Waals surface area contributed by atoms with Crippen LogP contribution in [0.2, 0.25) is 5.02 Å². The Morgan fingerprint density at radius 2 is 1.77 bits per heavy atom. The molecule has 1 saturated heterocycles. The van der Waals surface area contributed by atoms with E-state index in [1.54, 1.807) is 0 Å². The fourth-order valence-electron chi connectivity index (χ4n) is 3.64. The van der Waals surface area contributed by atoms with Crippen LogP contribution < -0.4 is 4.90 Å². The highest BCUT2D eigenvalue weighted by molar-refractivity contribution is 7.95. The lowest BCUT2D eigenvalue weighted by molar-refractivity contribution is 0.574. The first kappa shape index (κ1) is 20.4. The van der Waals surface area contributed by atoms with Crippen molar-refractivity contribution in [3.05, 3.63) is 70.1 Å². The van der Waals surface area contributed by atoms with Crippen LogP contribution in [0.1, 0.15) is 24.8 Å². The number of fused-ring (bicyclic) bond motifs is 1. The van der Waals surface area contributed by atoms with Gasteiger partial charge in [0.2, 0.25) is 9.84 Å². The molecule has 1 aliphatic heterocycles. The molecule has 0 aliphatic carbocycles. The summed E-state index contributed by atoms with van der Waals surface area (Å²) in [5.41, 5.74) is 1.47. The monoisotopic (exact) mass is 437 g/mol. The van der Waals surface area contributed by atoms with Gasteiger partial charge in [-0.15, -0.1) is 0 Å². The van der Waals surface area contributed by atoms with Crippen LogP contribution in [0.4, 0.5) is 5.82 Å². The summed E-state index contributed by atoms with van der Waals surface area (Å²) in [6.45, 7) is 1.72. The average molecular weight is 438 g/mol. The van der Waals surface area contributed by atoms with E-state index in [1.807, 2.05) is 36.4 Å². The van der Waals surface area contributed by atoms with E-state index < -0.39 is 9.84 Å². The summed E-state index contributed by atoms with van der Waals surface area (Å²) in [7, 11) is -3.97. The summed E-state index contributed by atoms with van der Waals surface area (Å²) in [5.74, 6) is 0.715. The van der Waals surface area contributed by atoms with Crippen molar-refractivity contribution >= 4 is 44.2 Å². The maximum atomic E-state index is 13.1. The quantitative estimate of drug-likeness (QED) is 0.523. The maximum absolute atomic E-state index is 13.1. The van der Waals surface area contributed by atoms with Gasteiger partial charge in [-0.3, -0.25) is 0 Å². The average Bonchev–Trinajstić information content (AvgIpc) is 2.77. The molecular weight excluding hydrogens is 418 g/mol. The number of piperidine rings is 1. The number of para-hydroxylation sites is 1. The van der Waals surface area contributed by atoms with E-state index in [-0.39, 0.29) is 9.80 Å². The van der Waals surface area contributed by atoms with E-state index in [9.17, 15) is 13.7 Å². The minimum Gasteiger partial charge on any atom is -0.356 e. The van der Waals surface area contributed by atoms with Crippen LogP contribution in [0.15, 0.2) is 64.4 Å². The number of allylic oxidation sites excluding steroid dienone is 1. The smallest absolute Gasteiger partial charge is 0.216 e. The van der Waals surface area contributed by atoms with E-state index in [1.165, 1.54) is 36.8 Å². The second kappa shape index (κ2) is 8.47. The molecule has 7 heteroatoms. The van der Waals surface area contributed by atoms with Crippen molar-refractivity contribution in [2.24, 2.45) is 0 Å². The largest absolute Gasteiger partial charge is 0.356 e. The van der Waals surface area contributed by atoms with Crippen molar-refractivity contribution < 1.29 is 8.42 Å². The van der Waals surface area contributed by atoms with Gasteiger partial charge in [0.15, 0.2) is 0 Å². The molecule has 0 unspecified atom stereocenters. The van der Waals surface area contributed by atoms with E-state index in [0.717, 1.165) is 36.8 Å². The molecule has 0 spiro atoms. The van der Waals surface area contributed by atoms with Crippen LogP contribution in [-0.2, 0) is 9.84 Å². The van der Waals surface area contributed by atoms with Crippen molar-refractivity contribution in [2.75, 3.05) is 18.0 Å². The van der Waals surface area contributed by atoms with Crippen molar-refractivity contribution in [3.8, 4) is 6.07 Å². The zero-order valence-corrected chi connectivity index (χ0v) is 17.8. The third-order valence-corrected chi connectivity index (χ3v) is 7.13. The standard InChI is InChI=1S/C23H20ClN3O2S/c24-19-8-10-20(11-9-19)30(28,29)21(16-25)15-18-14-17-6-2-3-7-22(17)26-23(18)27-12-4-1-5-13-27/h2-3,6-11,14-15H,1,4-5,12-13H2/b21-15+. The van der Waals surface area contributed by atoms with Gasteiger partial charge in [-0.1, -0.05) is 29.8 Å². The fourth-order valence-corrected chi connectivity index (χ4v) is 4.92. The first-order valence-corrected chi connectivity index (χ1v) is 11.6. The van der Waals surface area contributed by atoms with Gasteiger partial charge in [-0.05, 0) is 61.7 Å². The number of rotatable bonds is 4. The van der Waals surface area contributed by atoms with Crippen LogP contribution in [0.3, 0.4) is 0 Å². The number of hydrogen-bond acceptors (Lipinski definition) is 5. The molecule has 1 aliphatic rings. The molecule has 2 aromatic carbocycles. The highest BCUT2D eigenvalue weighted by atomic mass is 35.5. The topological polar surface area (TPSA) is 74.1 Å². The molecule has 3 aromatic rings. The predicted molar refractivity (Wildman–Crippen MR) is 120 cm³/mol. The second-order valence-electron chi connectivity index (χ2n) is 7.22. The number of hydrogen-bond donors (Lipinski definition) is 0. The predicted octanol–water partition coefficient (Wildman–Crippen LogP) is 5.22. The van der Waals surface area contributed by atoms with E-state index >= 15 is 0 Å². The summed E-state index contributed by atoms with van der Waals surface area (Å²) < 4.78 is 26.1. The van der Waals surface area contributed by atoms with Gasteiger partial charge in [-0.2, -0.15) is 5.26 Å². The van der Waals surface area contributed by atoms with Crippen molar-refractivity contribution in [1.82, 2.24) is 4.98 Å². The van der Waals surface area contributed by atoms with Crippen LogP contribution in [0.25, 0.3) is 17.0 Å². The third-order valence-electron chi connectivity index (χ3n) is 5.20. The Morgan fingerprint density at radius 3 is 2.47 bits per heavy atom. The summed E-state index contributed by atoms with van der Waals surface area (Å²) in [4.78, 5) is 6.70. The number of halogens is 1. The molecule has 30 heavy (non-hydrogen) atoms. The molecule has 5 nitrogen and oxygen atoms in total. The number of pyridine rings is 1. The molecule has 4 rings (SSSR count). The van der Waals surface area contributed by atoms with E-state index in [4.69, 9.17) is 16.6 Å². The summed E-state index contributed by atoms with van der Waals surface area (Å²) >= 11 is 5.88. The summed E-state index contributed by atoms with van der Waals surface area (Å²) in [6, 6.07) is 17.3. The van der Waals surface area contributed by atoms with Crippen LogP contribution in [0, 0.1) is 11.3 Å². The van der Waals surface area contributed by atoms with Crippen molar-refractivity contribution in [3.63, 3.8) is 0 Å². The molecule has 2 heterocycles. The Hall–Kier alpha value is -2.88. The molecule has 0 bridgehead atoms. The molecule has 0 amide bonds. The van der Waals surface area contributed by atoms with Crippen LogP contribution >= 0.6 is 11.6 Å². The minimum absolute atomic E-state index is 0.0352. The Bertz CT molecular complexity index is 1260. The number of anilines is 1. The molecule has 0 N–H and O–H groups in total. The number of nitriles is 1. The third kappa shape index (κ3) is 4.04. The first-order chi connectivity index (χ1) is 14.5. The number of aromatic nitrogens is 1. The van der Waals surface area contributed by atoms with E-state index in [0.29, 0.717) is 16.4 Å². The number of nitrogens with zero attached hydrogens (tertiary/aromatic N) is 3. The van der Waals surface area contributed by atoms with Gasteiger partial charge in [-0.25, -0.2) is 13.4 Å². The summed E-state index contributed by atoms with van der Waals surface area (Å²) in [5, 5.41) is 11.0. The van der Waals surface area contributed by atoms with Crippen molar-refractivity contribution in [2.45, 2.75) is 24.2 Å². The molecule has 1 fully saturated rings. The van der Waals surface area contributed by atoms with Crippen LogP contribution in [0.5, 0.6) is 0 Å². The molecule has 0 saturated carbocycles. The normalized spacial score (nSPS) is 15.2. The molecule has 1 aromatic heterocycles. The molecule has 0 radical (unpaired) electrons. The van der Waals surface area contributed by atoms with E-state index in [2.05, 4.69) is 4.90 Å². The van der Waals surface area contributed by atoms with Gasteiger partial charge in [0.05, 0.1) is 10.4 Å². The zero-order chi connectivity index (χ0) is 21.1. The minimum atomic E-state index is -3.97. The lowest BCUT2D eigenvalue weighted by atomic mass is 10.1. The van der Waals surface area contributed by atoms with Crippen molar-refractivity contribution in [1.29, 1.82) is 5.26 Å². The molecule has 152 valence electrons. The lowest BCUT2D eigenvalue weighted by Crippen LogP contribution is -2.30. The number of sulfone groups is 1. The fraction of sp³-hybridized carbons (Fsp3) is 0.217. The Balaban J connectivity index is 1.86. The Kier molecular flexibility index (Phi) is 5.76. The highest BCUT2D eigenvalue weighted by Crippen LogP contribution is 2.30. The van der Waals surface area contributed by atoms with Gasteiger partial charge in [0.25, 0.3) is 0 Å². The second-order valence-corrected chi connectivity index (χ2v) is 9.57. The highest BCUT2D eigenvalue weighted by Gasteiger charge is 2.23. The zero-order valence-electron chi connectivity index (χ0n) is 16.3. The first-order valence-electron chi connectivity index (χ1n) is 9.76. The van der Waals surface area contributed by atoms with Gasteiger partial charge >= 0.3 is 0 Å². The SMILES string of the molecule is N#C/C(=C\c1cc2ccccc2nc1N1CCCCC1)S(=O)(=O)c1ccc(Cl)cc1. The Labute approximate surface area is 181 Å². The van der Waals surface area contributed by atoms with Crippen LogP contribution in [-0.4, -0.2) is 26.5 Å². The lowest BCUT2D eigenvalue weighted by Gasteiger charge is -2.29. The van der Waals surface area contributed by atoms with Gasteiger partial charge in [0, 0.05) is 29.1 Å². The maximum Gasteiger partial charge on any atom is 0.216 e. The van der Waals surface area contributed by atoms with Gasteiger partial charge in [0.1, 0.15) is 16.8 Å².